The van der Waals surface area contributed by atoms with Gasteiger partial charge in [-0.05, 0) is 44.8 Å². The van der Waals surface area contributed by atoms with Crippen LogP contribution >= 0.6 is 0 Å². The molecule has 0 N–H and O–H groups in total. The van der Waals surface area contributed by atoms with Gasteiger partial charge >= 0.3 is 0 Å². The molecule has 1 spiro atoms. The minimum absolute atomic E-state index is 0. The van der Waals surface area contributed by atoms with Crippen molar-refractivity contribution in [1.82, 2.24) is 4.90 Å². The van der Waals surface area contributed by atoms with Crippen molar-refractivity contribution in [2.75, 3.05) is 26.7 Å². The first-order chi connectivity index (χ1) is 6.70. The van der Waals surface area contributed by atoms with E-state index in [1.54, 1.807) is 0 Å². The van der Waals surface area contributed by atoms with E-state index in [0.717, 1.165) is 6.61 Å². The van der Waals surface area contributed by atoms with Gasteiger partial charge in [0.05, 0.1) is 0 Å². The van der Waals surface area contributed by atoms with Crippen LogP contribution in [0.4, 0.5) is 0 Å². The molecule has 2 nitrogen and oxygen atoms in total. The number of rotatable bonds is 0. The summed E-state index contributed by atoms with van der Waals surface area (Å²) in [5, 5.41) is 0. The van der Waals surface area contributed by atoms with E-state index in [9.17, 15) is 0 Å². The summed E-state index contributed by atoms with van der Waals surface area (Å²) in [6.45, 7) is 5.64. The van der Waals surface area contributed by atoms with E-state index in [1.807, 2.05) is 0 Å². The third-order valence-electron chi connectivity index (χ3n) is 4.04. The van der Waals surface area contributed by atoms with Gasteiger partial charge in [-0.1, -0.05) is 6.42 Å². The molecule has 2 fully saturated rings. The van der Waals surface area contributed by atoms with Crippen LogP contribution in [0.25, 0.3) is 0 Å². The number of piperidine rings is 1. The summed E-state index contributed by atoms with van der Waals surface area (Å²) in [5.74, 6) is 0. The van der Waals surface area contributed by atoms with Crippen molar-refractivity contribution in [2.24, 2.45) is 5.41 Å². The number of likely N-dealkylation sites (tertiary alicyclic amines) is 1. The van der Waals surface area contributed by atoms with Crippen molar-refractivity contribution < 1.29 is 4.74 Å². The van der Waals surface area contributed by atoms with Gasteiger partial charge < -0.3 is 9.64 Å². The Bertz CT molecular complexity index is 185. The molecule has 3 heteroatoms. The molecule has 15 heavy (non-hydrogen) atoms. The zero-order chi connectivity index (χ0) is 10.0. The molecule has 0 saturated carbocycles. The minimum atomic E-state index is 0. The fraction of sp³-hybridized carbons (Fsp3) is 0.917. The Kier molecular flexibility index (Phi) is 3.70. The summed E-state index contributed by atoms with van der Waals surface area (Å²) >= 11 is 0. The third-order valence-corrected chi connectivity index (χ3v) is 4.04. The van der Waals surface area contributed by atoms with Crippen LogP contribution in [0.2, 0.25) is 0 Å². The molecule has 1 radical (unpaired) electrons. The van der Waals surface area contributed by atoms with E-state index in [2.05, 4.69) is 18.9 Å². The van der Waals surface area contributed by atoms with E-state index in [4.69, 9.17) is 4.74 Å². The van der Waals surface area contributed by atoms with Gasteiger partial charge in [0.25, 0.3) is 0 Å². The van der Waals surface area contributed by atoms with E-state index < -0.39 is 0 Å². The predicted molar refractivity (Wildman–Crippen MR) is 57.9 cm³/mol. The average Bonchev–Trinajstić information content (AvgIpc) is 2.36. The average molecular weight is 458 g/mol. The molecule has 0 aliphatic carbocycles. The summed E-state index contributed by atoms with van der Waals surface area (Å²) in [5.41, 5.74) is 0.615. The van der Waals surface area contributed by atoms with Crippen LogP contribution in [0, 0.1) is 11.5 Å². The first-order valence-corrected chi connectivity index (χ1v) is 5.84. The number of ether oxygens (including phenoxy) is 1. The number of nitrogens with zero attached hydrogens (tertiary/aromatic N) is 1. The van der Waals surface area contributed by atoms with E-state index in [-0.39, 0.29) is 0 Å². The quantitative estimate of drug-likeness (QED) is 0.518. The van der Waals surface area contributed by atoms with Gasteiger partial charge in [0.2, 0.25) is 0 Å². The Hall–Kier alpha value is -1.08. The standard InChI is InChI=1S/C12H22NO.Lr/c1-11-3-4-12(7-10-14-11)5-8-13(2)9-6-12;/h3-10H2,1-2H3;/q-1;. The fourth-order valence-corrected chi connectivity index (χ4v) is 2.67. The molecule has 2 rings (SSSR count). The van der Waals surface area contributed by atoms with Crippen molar-refractivity contribution in [1.29, 1.82) is 0 Å². The zero-order valence-electron chi connectivity index (χ0n) is 9.77. The molecular formula is C12H22LrNO-. The van der Waals surface area contributed by atoms with Crippen molar-refractivity contribution >= 4 is 0 Å². The van der Waals surface area contributed by atoms with Crippen LogP contribution in [0.5, 0.6) is 0 Å². The summed E-state index contributed by atoms with van der Waals surface area (Å²) < 4.78 is 5.66. The van der Waals surface area contributed by atoms with Gasteiger partial charge in [-0.15, -0.1) is 0 Å². The number of hydrogen-bond acceptors (Lipinski definition) is 2. The van der Waals surface area contributed by atoms with Crippen molar-refractivity contribution in [3.63, 3.8) is 0 Å². The van der Waals surface area contributed by atoms with E-state index >= 15 is 0 Å². The van der Waals surface area contributed by atoms with E-state index in [1.165, 1.54) is 51.3 Å². The van der Waals surface area contributed by atoms with Crippen molar-refractivity contribution in [3.8, 4) is 0 Å². The molecule has 2 aliphatic rings. The molecule has 2 aliphatic heterocycles. The van der Waals surface area contributed by atoms with Gasteiger partial charge in [-0.2, -0.15) is 19.4 Å². The van der Waals surface area contributed by atoms with Gasteiger partial charge in [0.1, 0.15) is 0 Å². The molecule has 0 amide bonds. The SMILES string of the molecule is C[C-]1CCC2(CCO1)CCN(C)CC2.[Lr]. The first kappa shape index (κ1) is 12.0. The molecule has 0 unspecified atom stereocenters. The number of hydrogen-bond donors (Lipinski definition) is 0. The summed E-state index contributed by atoms with van der Waals surface area (Å²) in [6.07, 6.45) is 7.82. The Balaban J connectivity index is 0.00000112. The first-order valence-electron chi connectivity index (χ1n) is 5.84. The monoisotopic (exact) mass is 458 g/mol. The molecule has 97 valence electrons. The van der Waals surface area contributed by atoms with Gasteiger partial charge in [-0.3, -0.25) is 0 Å². The smallest absolute Gasteiger partial charge is 0.0119 e. The maximum atomic E-state index is 5.66. The van der Waals surface area contributed by atoms with E-state index in [0.29, 0.717) is 5.41 Å². The Morgan fingerprint density at radius 2 is 1.80 bits per heavy atom. The molecule has 0 bridgehead atoms. The predicted octanol–water partition coefficient (Wildman–Crippen LogP) is 2.45. The molecule has 0 aromatic carbocycles. The van der Waals surface area contributed by atoms with Gasteiger partial charge in [0.15, 0.2) is 0 Å². The van der Waals surface area contributed by atoms with Crippen molar-refractivity contribution in [2.45, 2.75) is 39.0 Å². The van der Waals surface area contributed by atoms with Crippen LogP contribution in [0.1, 0.15) is 39.0 Å². The van der Waals surface area contributed by atoms with Crippen LogP contribution in [0.3, 0.4) is 0 Å². The molecule has 2 saturated heterocycles. The van der Waals surface area contributed by atoms with Crippen LogP contribution in [-0.2, 0) is 4.74 Å². The fourth-order valence-electron chi connectivity index (χ4n) is 2.67. The largest absolute Gasteiger partial charge is 0.549 e. The summed E-state index contributed by atoms with van der Waals surface area (Å²) in [4.78, 5) is 2.45. The minimum Gasteiger partial charge on any atom is -0.549 e. The molecule has 0 atom stereocenters. The second-order valence-electron chi connectivity index (χ2n) is 5.10. The molecule has 0 aromatic heterocycles. The Morgan fingerprint density at radius 3 is 2.47 bits per heavy atom. The second kappa shape index (κ2) is 4.63. The Labute approximate surface area is 87.6 Å². The van der Waals surface area contributed by atoms with Gasteiger partial charge in [0, 0.05) is 6.61 Å². The van der Waals surface area contributed by atoms with Crippen LogP contribution in [0.15, 0.2) is 0 Å². The maximum absolute atomic E-state index is 5.66. The van der Waals surface area contributed by atoms with Crippen LogP contribution < -0.4 is 0 Å². The maximum Gasteiger partial charge on any atom is 0.0119 e. The Morgan fingerprint density at radius 1 is 1.13 bits per heavy atom. The topological polar surface area (TPSA) is 12.5 Å². The molecular weight excluding hydrogens is 436 g/mol. The van der Waals surface area contributed by atoms with Crippen molar-refractivity contribution in [3.05, 3.63) is 6.10 Å². The second-order valence-corrected chi connectivity index (χ2v) is 5.10. The normalized spacial score (nSPS) is 28.4. The van der Waals surface area contributed by atoms with Crippen LogP contribution in [-0.4, -0.2) is 31.6 Å². The summed E-state index contributed by atoms with van der Waals surface area (Å²) in [7, 11) is 2.23. The molecule has 2 heterocycles. The van der Waals surface area contributed by atoms with Gasteiger partial charge in [-0.25, -0.2) is 0 Å². The summed E-state index contributed by atoms with van der Waals surface area (Å²) in [6, 6.07) is 0. The molecule has 0 aromatic rings. The third kappa shape index (κ3) is 2.69. The zero-order valence-corrected chi connectivity index (χ0v) is 11.9.